The van der Waals surface area contributed by atoms with E-state index in [2.05, 4.69) is 34.1 Å². The Kier molecular flexibility index (Phi) is 3.12. The van der Waals surface area contributed by atoms with E-state index in [4.69, 9.17) is 0 Å². The number of nitrogens with zero attached hydrogens (tertiary/aromatic N) is 2. The summed E-state index contributed by atoms with van der Waals surface area (Å²) in [6.45, 7) is 8.28. The lowest BCUT2D eigenvalue weighted by Crippen LogP contribution is -2.48. The first kappa shape index (κ1) is 12.5. The Morgan fingerprint density at radius 2 is 2.20 bits per heavy atom. The van der Waals surface area contributed by atoms with Gasteiger partial charge in [-0.05, 0) is 67.4 Å². The third-order valence-corrected chi connectivity index (χ3v) is 5.79. The van der Waals surface area contributed by atoms with E-state index in [1.54, 1.807) is 11.5 Å². The molecule has 0 radical (unpaired) electrons. The van der Waals surface area contributed by atoms with Gasteiger partial charge in [0.25, 0.3) is 0 Å². The summed E-state index contributed by atoms with van der Waals surface area (Å²) in [7, 11) is 0. The lowest BCUT2D eigenvalue weighted by molar-refractivity contribution is 0.0675. The van der Waals surface area contributed by atoms with Gasteiger partial charge < -0.3 is 4.90 Å². The van der Waals surface area contributed by atoms with Gasteiger partial charge in [0, 0.05) is 18.1 Å². The molecule has 0 saturated carbocycles. The van der Waals surface area contributed by atoms with E-state index in [1.807, 2.05) is 6.20 Å². The summed E-state index contributed by atoms with van der Waals surface area (Å²) in [6, 6.07) is 6.72. The van der Waals surface area contributed by atoms with Crippen molar-refractivity contribution in [2.24, 2.45) is 11.8 Å². The topological polar surface area (TPSA) is 16.1 Å². The second-order valence-corrected chi connectivity index (χ2v) is 7.11. The van der Waals surface area contributed by atoms with Crippen LogP contribution in [0, 0.1) is 11.8 Å². The van der Waals surface area contributed by atoms with Crippen LogP contribution in [0.3, 0.4) is 0 Å². The molecule has 0 amide bonds. The normalized spacial score (nSPS) is 28.9. The van der Waals surface area contributed by atoms with E-state index < -0.39 is 0 Å². The van der Waals surface area contributed by atoms with Crippen LogP contribution < -0.4 is 0 Å². The fourth-order valence-corrected chi connectivity index (χ4v) is 4.55. The maximum atomic E-state index is 4.42. The third kappa shape index (κ3) is 2.19. The van der Waals surface area contributed by atoms with Crippen molar-refractivity contribution in [1.29, 1.82) is 0 Å². The van der Waals surface area contributed by atoms with Gasteiger partial charge in [-0.3, -0.25) is 0 Å². The summed E-state index contributed by atoms with van der Waals surface area (Å²) in [5.41, 5.74) is 2.83. The summed E-state index contributed by atoms with van der Waals surface area (Å²) in [4.78, 5) is 2.61. The summed E-state index contributed by atoms with van der Waals surface area (Å²) < 4.78 is 5.55. The Hall–Kier alpha value is -1.19. The van der Waals surface area contributed by atoms with Crippen LogP contribution in [0.2, 0.25) is 0 Å². The zero-order chi connectivity index (χ0) is 13.5. The van der Waals surface area contributed by atoms with Gasteiger partial charge in [-0.2, -0.15) is 4.37 Å². The molecule has 3 fully saturated rings. The van der Waals surface area contributed by atoms with Crippen molar-refractivity contribution in [3.63, 3.8) is 0 Å². The van der Waals surface area contributed by atoms with Crippen molar-refractivity contribution in [3.8, 4) is 0 Å². The predicted molar refractivity (Wildman–Crippen MR) is 85.1 cm³/mol. The molecule has 5 rings (SSSR count). The molecule has 1 aromatic heterocycles. The Balaban J connectivity index is 1.51. The van der Waals surface area contributed by atoms with Crippen LogP contribution in [-0.2, 0) is 6.42 Å². The van der Waals surface area contributed by atoms with Crippen molar-refractivity contribution >= 4 is 21.6 Å². The first-order valence-electron chi connectivity index (χ1n) is 7.53. The van der Waals surface area contributed by atoms with E-state index in [1.165, 1.54) is 53.7 Å². The van der Waals surface area contributed by atoms with Crippen molar-refractivity contribution in [3.05, 3.63) is 42.1 Å². The highest BCUT2D eigenvalue weighted by Crippen LogP contribution is 2.37. The van der Waals surface area contributed by atoms with Gasteiger partial charge in [0.05, 0.1) is 4.70 Å². The van der Waals surface area contributed by atoms with Crippen LogP contribution in [0.5, 0.6) is 0 Å². The minimum atomic E-state index is 0.717. The molecule has 0 aliphatic carbocycles. The zero-order valence-corrected chi connectivity index (χ0v) is 12.5. The molecule has 2 bridgehead atoms. The molecule has 0 N–H and O–H groups in total. The fourth-order valence-electron chi connectivity index (χ4n) is 3.84. The Morgan fingerprint density at radius 1 is 1.35 bits per heavy atom. The molecule has 3 heteroatoms. The third-order valence-electron chi connectivity index (χ3n) is 5.03. The molecule has 3 aliphatic rings. The van der Waals surface area contributed by atoms with Crippen LogP contribution in [0.1, 0.15) is 18.4 Å². The van der Waals surface area contributed by atoms with Gasteiger partial charge in [-0.15, -0.1) is 0 Å². The molecule has 1 atom stereocenters. The van der Waals surface area contributed by atoms with Crippen molar-refractivity contribution < 1.29 is 0 Å². The predicted octanol–water partition coefficient (Wildman–Crippen LogP) is 3.74. The Labute approximate surface area is 124 Å². The molecule has 1 aromatic carbocycles. The van der Waals surface area contributed by atoms with Crippen molar-refractivity contribution in [2.45, 2.75) is 19.3 Å². The van der Waals surface area contributed by atoms with E-state index in [0.717, 1.165) is 18.3 Å². The van der Waals surface area contributed by atoms with E-state index >= 15 is 0 Å². The number of benzene rings is 1. The second kappa shape index (κ2) is 4.97. The number of hydrogen-bond donors (Lipinski definition) is 0. The van der Waals surface area contributed by atoms with Crippen LogP contribution in [0.4, 0.5) is 0 Å². The van der Waals surface area contributed by atoms with Gasteiger partial charge in [-0.1, -0.05) is 24.3 Å². The number of fused-ring (bicyclic) bond motifs is 4. The Morgan fingerprint density at radius 3 is 2.95 bits per heavy atom. The van der Waals surface area contributed by atoms with E-state index in [9.17, 15) is 0 Å². The van der Waals surface area contributed by atoms with Gasteiger partial charge in [0.1, 0.15) is 0 Å². The largest absolute Gasteiger partial charge is 0.303 e. The van der Waals surface area contributed by atoms with Crippen LogP contribution in [-0.4, -0.2) is 28.9 Å². The second-order valence-electron chi connectivity index (χ2n) is 6.28. The SMILES string of the molecule is C=C(Cc1ccc2cnsc2c1)C1CN2CCC1CC2. The molecule has 20 heavy (non-hydrogen) atoms. The lowest BCUT2D eigenvalue weighted by atomic mass is 9.74. The molecule has 4 heterocycles. The Bertz CT molecular complexity index is 637. The highest BCUT2D eigenvalue weighted by molar-refractivity contribution is 7.13. The molecule has 1 unspecified atom stereocenters. The molecule has 2 nitrogen and oxygen atoms in total. The first-order chi connectivity index (χ1) is 9.79. The van der Waals surface area contributed by atoms with Gasteiger partial charge in [-0.25, -0.2) is 0 Å². The highest BCUT2D eigenvalue weighted by Gasteiger charge is 2.35. The van der Waals surface area contributed by atoms with Crippen molar-refractivity contribution in [2.75, 3.05) is 19.6 Å². The van der Waals surface area contributed by atoms with E-state index in [0.29, 0.717) is 0 Å². The van der Waals surface area contributed by atoms with Crippen molar-refractivity contribution in [1.82, 2.24) is 9.27 Å². The summed E-state index contributed by atoms with van der Waals surface area (Å²) in [6.07, 6.45) is 5.73. The van der Waals surface area contributed by atoms with Gasteiger partial charge in [0.15, 0.2) is 0 Å². The summed E-state index contributed by atoms with van der Waals surface area (Å²) in [5.74, 6) is 1.61. The average Bonchev–Trinajstić information content (AvgIpc) is 2.96. The molecule has 0 spiro atoms. The smallest absolute Gasteiger partial charge is 0.0552 e. The molecule has 3 aliphatic heterocycles. The number of piperidine rings is 3. The van der Waals surface area contributed by atoms with E-state index in [-0.39, 0.29) is 0 Å². The fraction of sp³-hybridized carbons (Fsp3) is 0.471. The number of aromatic nitrogens is 1. The quantitative estimate of drug-likeness (QED) is 0.798. The van der Waals surface area contributed by atoms with Crippen LogP contribution in [0.25, 0.3) is 10.1 Å². The van der Waals surface area contributed by atoms with Gasteiger partial charge >= 0.3 is 0 Å². The molecule has 3 saturated heterocycles. The monoisotopic (exact) mass is 284 g/mol. The molecule has 104 valence electrons. The maximum Gasteiger partial charge on any atom is 0.0552 e. The maximum absolute atomic E-state index is 4.42. The zero-order valence-electron chi connectivity index (χ0n) is 11.7. The molecule has 2 aromatic rings. The minimum Gasteiger partial charge on any atom is -0.303 e. The summed E-state index contributed by atoms with van der Waals surface area (Å²) >= 11 is 1.59. The standard InChI is InChI=1S/C17H20N2S/c1-12(16-11-19-6-4-14(16)5-7-19)8-13-2-3-15-10-18-20-17(15)9-13/h2-3,9-10,14,16H,1,4-8,11H2. The minimum absolute atomic E-state index is 0.717. The number of rotatable bonds is 3. The number of hydrogen-bond acceptors (Lipinski definition) is 3. The molecular formula is C17H20N2S. The average molecular weight is 284 g/mol. The highest BCUT2D eigenvalue weighted by atomic mass is 32.1. The van der Waals surface area contributed by atoms with Crippen LogP contribution in [0.15, 0.2) is 36.5 Å². The van der Waals surface area contributed by atoms with Gasteiger partial charge in [0.2, 0.25) is 0 Å². The first-order valence-corrected chi connectivity index (χ1v) is 8.30. The molecular weight excluding hydrogens is 264 g/mol. The van der Waals surface area contributed by atoms with Crippen LogP contribution >= 0.6 is 11.5 Å². The summed E-state index contributed by atoms with van der Waals surface area (Å²) in [5, 5.41) is 1.26. The lowest BCUT2D eigenvalue weighted by Gasteiger charge is -2.45.